The lowest BCUT2D eigenvalue weighted by Crippen LogP contribution is -2.55. The summed E-state index contributed by atoms with van der Waals surface area (Å²) in [6, 6.07) is 18.4. The number of aliphatic hydroxyl groups is 2. The molecule has 0 saturated heterocycles. The number of aryl methyl sites for hydroxylation is 1. The van der Waals surface area contributed by atoms with Crippen molar-refractivity contribution in [2.45, 2.75) is 62.6 Å². The number of aliphatic hydroxyl groups excluding tert-OH is 1. The molecule has 0 amide bonds. The lowest BCUT2D eigenvalue weighted by Gasteiger charge is -2.56. The average Bonchev–Trinajstić information content (AvgIpc) is 2.94. The van der Waals surface area contributed by atoms with Gasteiger partial charge in [-0.25, -0.2) is 0 Å². The number of nitriles is 1. The highest BCUT2D eigenvalue weighted by atomic mass is 16.3. The van der Waals surface area contributed by atoms with Crippen LogP contribution in [0.2, 0.25) is 0 Å². The van der Waals surface area contributed by atoms with Crippen molar-refractivity contribution in [3.05, 3.63) is 65.2 Å². The van der Waals surface area contributed by atoms with E-state index < -0.39 is 17.1 Å². The van der Waals surface area contributed by atoms with E-state index in [0.29, 0.717) is 18.1 Å². The second kappa shape index (κ2) is 6.83. The number of fused-ring (bicyclic) bond motifs is 5. The Balaban J connectivity index is 1.67. The SMILES string of the molecule is C[C@]12C[C@H](c3ccccc3)[C@@H]3c4ccc(O)cc4CC[C@H]3[C@@H]1C[C@@H](O)[C@@]2(O)CC#N. The highest BCUT2D eigenvalue weighted by molar-refractivity contribution is 5.43. The van der Waals surface area contributed by atoms with Crippen molar-refractivity contribution in [2.24, 2.45) is 17.3 Å². The van der Waals surface area contributed by atoms with Gasteiger partial charge in [0.05, 0.1) is 18.6 Å². The standard InChI is InChI=1S/C26H29NO3/c1-25-15-21(16-5-3-2-4-6-16)24-19-10-8-18(28)13-17(19)7-9-20(24)22(25)14-23(29)26(25,30)11-12-27/h2-6,8,10,13,20-24,28-30H,7,9,11,14-15H2,1H3/t20-,21+,22-,23+,24+,25-,26-/m0/s1. The molecule has 0 radical (unpaired) electrons. The molecule has 4 nitrogen and oxygen atoms in total. The Morgan fingerprint density at radius 3 is 2.67 bits per heavy atom. The third-order valence-corrected chi connectivity index (χ3v) is 8.70. The Hall–Kier alpha value is -2.35. The third kappa shape index (κ3) is 2.58. The molecule has 0 unspecified atom stereocenters. The van der Waals surface area contributed by atoms with Gasteiger partial charge >= 0.3 is 0 Å². The minimum Gasteiger partial charge on any atom is -0.508 e. The normalized spacial score (nSPS) is 39.5. The maximum Gasteiger partial charge on any atom is 0.115 e. The van der Waals surface area contributed by atoms with Crippen LogP contribution in [-0.4, -0.2) is 27.0 Å². The lowest BCUT2D eigenvalue weighted by molar-refractivity contribution is -0.141. The molecule has 7 atom stereocenters. The molecule has 0 aliphatic heterocycles. The number of hydrogen-bond donors (Lipinski definition) is 3. The smallest absolute Gasteiger partial charge is 0.115 e. The highest BCUT2D eigenvalue weighted by Crippen LogP contribution is 2.68. The zero-order chi connectivity index (χ0) is 21.1. The van der Waals surface area contributed by atoms with Crippen molar-refractivity contribution < 1.29 is 15.3 Å². The summed E-state index contributed by atoms with van der Waals surface area (Å²) in [7, 11) is 0. The number of nitrogens with zero attached hydrogens (tertiary/aromatic N) is 1. The Labute approximate surface area is 177 Å². The minimum atomic E-state index is -1.38. The first-order valence-corrected chi connectivity index (χ1v) is 11.0. The van der Waals surface area contributed by atoms with Gasteiger partial charge in [0.2, 0.25) is 0 Å². The molecule has 30 heavy (non-hydrogen) atoms. The maximum atomic E-state index is 11.6. The molecule has 3 aliphatic rings. The second-order valence-corrected chi connectivity index (χ2v) is 9.87. The summed E-state index contributed by atoms with van der Waals surface area (Å²) < 4.78 is 0. The van der Waals surface area contributed by atoms with Gasteiger partial charge in [-0.1, -0.05) is 43.3 Å². The van der Waals surface area contributed by atoms with E-state index >= 15 is 0 Å². The zero-order valence-corrected chi connectivity index (χ0v) is 17.3. The first-order valence-electron chi connectivity index (χ1n) is 11.0. The van der Waals surface area contributed by atoms with E-state index in [1.165, 1.54) is 16.7 Å². The molecule has 2 aromatic carbocycles. The molecule has 3 aliphatic carbocycles. The molecule has 3 N–H and O–H groups in total. The number of phenols is 1. The van der Waals surface area contributed by atoms with Gasteiger partial charge in [0.1, 0.15) is 11.4 Å². The first kappa shape index (κ1) is 19.6. The average molecular weight is 404 g/mol. The van der Waals surface area contributed by atoms with E-state index in [4.69, 9.17) is 0 Å². The van der Waals surface area contributed by atoms with Crippen molar-refractivity contribution in [2.75, 3.05) is 0 Å². The zero-order valence-electron chi connectivity index (χ0n) is 17.3. The molecule has 5 rings (SSSR count). The van der Waals surface area contributed by atoms with E-state index in [2.05, 4.69) is 43.3 Å². The fraction of sp³-hybridized carbons (Fsp3) is 0.500. The predicted molar refractivity (Wildman–Crippen MR) is 114 cm³/mol. The molecule has 0 heterocycles. The summed E-state index contributed by atoms with van der Waals surface area (Å²) in [4.78, 5) is 0. The largest absolute Gasteiger partial charge is 0.508 e. The number of rotatable bonds is 2. The lowest BCUT2D eigenvalue weighted by atomic mass is 9.49. The summed E-state index contributed by atoms with van der Waals surface area (Å²) in [5.74, 6) is 1.28. The first-order chi connectivity index (χ1) is 14.4. The quantitative estimate of drug-likeness (QED) is 0.700. The molecular weight excluding hydrogens is 374 g/mol. The molecule has 2 fully saturated rings. The molecule has 156 valence electrons. The summed E-state index contributed by atoms with van der Waals surface area (Å²) in [5, 5.41) is 42.0. The molecular formula is C26H29NO3. The van der Waals surface area contributed by atoms with E-state index in [-0.39, 0.29) is 24.2 Å². The Kier molecular flexibility index (Phi) is 4.47. The molecule has 2 saturated carbocycles. The van der Waals surface area contributed by atoms with Gasteiger partial charge in [-0.15, -0.1) is 0 Å². The van der Waals surface area contributed by atoms with E-state index in [1.54, 1.807) is 6.07 Å². The number of benzene rings is 2. The fourth-order valence-electron chi connectivity index (χ4n) is 7.25. The van der Waals surface area contributed by atoms with Crippen molar-refractivity contribution in [3.8, 4) is 11.8 Å². The van der Waals surface area contributed by atoms with Crippen molar-refractivity contribution in [3.63, 3.8) is 0 Å². The topological polar surface area (TPSA) is 84.5 Å². The van der Waals surface area contributed by atoms with Gasteiger partial charge in [-0.2, -0.15) is 5.26 Å². The van der Waals surface area contributed by atoms with Gasteiger partial charge in [0.15, 0.2) is 0 Å². The van der Waals surface area contributed by atoms with Crippen LogP contribution in [0, 0.1) is 28.6 Å². The second-order valence-electron chi connectivity index (χ2n) is 9.87. The van der Waals surface area contributed by atoms with Crippen LogP contribution in [0.1, 0.15) is 61.1 Å². The summed E-state index contributed by atoms with van der Waals surface area (Å²) in [5.41, 5.74) is 1.86. The van der Waals surface area contributed by atoms with Gasteiger partial charge < -0.3 is 15.3 Å². The van der Waals surface area contributed by atoms with Crippen LogP contribution in [0.25, 0.3) is 0 Å². The summed E-state index contributed by atoms with van der Waals surface area (Å²) in [6.45, 7) is 2.10. The van der Waals surface area contributed by atoms with Gasteiger partial charge in [0, 0.05) is 5.41 Å². The Bertz CT molecular complexity index is 999. The van der Waals surface area contributed by atoms with Crippen molar-refractivity contribution in [1.29, 1.82) is 5.26 Å². The van der Waals surface area contributed by atoms with Gasteiger partial charge in [-0.3, -0.25) is 0 Å². The number of hydrogen-bond acceptors (Lipinski definition) is 4. The molecule has 4 heteroatoms. The van der Waals surface area contributed by atoms with E-state index in [9.17, 15) is 20.6 Å². The molecule has 0 aromatic heterocycles. The minimum absolute atomic E-state index is 0.0372. The monoisotopic (exact) mass is 403 g/mol. The van der Waals surface area contributed by atoms with E-state index in [0.717, 1.165) is 19.3 Å². The van der Waals surface area contributed by atoms with Crippen LogP contribution in [0.4, 0.5) is 0 Å². The maximum absolute atomic E-state index is 11.6. The van der Waals surface area contributed by atoms with Crippen molar-refractivity contribution in [1.82, 2.24) is 0 Å². The highest BCUT2D eigenvalue weighted by Gasteiger charge is 2.67. The Morgan fingerprint density at radius 1 is 1.17 bits per heavy atom. The van der Waals surface area contributed by atoms with Crippen molar-refractivity contribution >= 4 is 0 Å². The van der Waals surface area contributed by atoms with Crippen LogP contribution in [0.3, 0.4) is 0 Å². The van der Waals surface area contributed by atoms with Crippen LogP contribution >= 0.6 is 0 Å². The predicted octanol–water partition coefficient (Wildman–Crippen LogP) is 4.26. The van der Waals surface area contributed by atoms with Gasteiger partial charge in [-0.05, 0) is 78.2 Å². The van der Waals surface area contributed by atoms with Crippen LogP contribution in [0.5, 0.6) is 5.75 Å². The van der Waals surface area contributed by atoms with Crippen LogP contribution in [0.15, 0.2) is 48.5 Å². The van der Waals surface area contributed by atoms with Crippen LogP contribution in [-0.2, 0) is 6.42 Å². The van der Waals surface area contributed by atoms with Crippen LogP contribution < -0.4 is 0 Å². The summed E-state index contributed by atoms with van der Waals surface area (Å²) >= 11 is 0. The van der Waals surface area contributed by atoms with Gasteiger partial charge in [0.25, 0.3) is 0 Å². The molecule has 0 bridgehead atoms. The third-order valence-electron chi connectivity index (χ3n) is 8.70. The fourth-order valence-corrected chi connectivity index (χ4v) is 7.25. The number of phenolic OH excluding ortho intramolecular Hbond substituents is 1. The molecule has 2 aromatic rings. The Morgan fingerprint density at radius 2 is 1.93 bits per heavy atom. The summed E-state index contributed by atoms with van der Waals surface area (Å²) in [6.07, 6.45) is 2.24. The molecule has 0 spiro atoms. The number of aromatic hydroxyl groups is 1. The van der Waals surface area contributed by atoms with E-state index in [1.807, 2.05) is 12.1 Å².